The van der Waals surface area contributed by atoms with Gasteiger partial charge in [0.2, 0.25) is 5.95 Å². The van der Waals surface area contributed by atoms with E-state index in [1.807, 2.05) is 6.92 Å². The lowest BCUT2D eigenvalue weighted by molar-refractivity contribution is -0.134. The third kappa shape index (κ3) is 2.01. The number of carboxylic acid groups (broad SMARTS) is 1. The monoisotopic (exact) mass is 224 g/mol. The fourth-order valence-electron chi connectivity index (χ4n) is 1.10. The quantitative estimate of drug-likeness (QED) is 0.805. The van der Waals surface area contributed by atoms with Gasteiger partial charge in [-0.15, -0.1) is 0 Å². The number of carboxylic acids is 1. The van der Waals surface area contributed by atoms with Crippen molar-refractivity contribution in [2.24, 2.45) is 0 Å². The van der Waals surface area contributed by atoms with Crippen LogP contribution in [0.1, 0.15) is 5.69 Å². The van der Waals surface area contributed by atoms with Gasteiger partial charge in [0.15, 0.2) is 0 Å². The maximum Gasteiger partial charge on any atom is 0.322 e. The molecule has 2 heterocycles. The van der Waals surface area contributed by atoms with Crippen molar-refractivity contribution in [3.05, 3.63) is 11.9 Å². The molecule has 2 aromatic heterocycles. The van der Waals surface area contributed by atoms with Crippen molar-refractivity contribution >= 4 is 33.7 Å². The molecule has 2 N–H and O–H groups in total. The summed E-state index contributed by atoms with van der Waals surface area (Å²) in [6.07, 6.45) is 1.64. The molecule has 0 fully saturated rings. The highest BCUT2D eigenvalue weighted by Gasteiger charge is 2.06. The summed E-state index contributed by atoms with van der Waals surface area (Å²) in [5, 5.41) is 11.1. The van der Waals surface area contributed by atoms with E-state index in [1.165, 1.54) is 11.5 Å². The van der Waals surface area contributed by atoms with E-state index in [1.54, 1.807) is 6.20 Å². The van der Waals surface area contributed by atoms with Crippen LogP contribution < -0.4 is 5.32 Å². The van der Waals surface area contributed by atoms with Crippen LogP contribution in [-0.4, -0.2) is 32.0 Å². The van der Waals surface area contributed by atoms with Crippen LogP contribution in [0, 0.1) is 6.92 Å². The number of carbonyl (C=O) groups is 1. The van der Waals surface area contributed by atoms with Crippen LogP contribution in [0.15, 0.2) is 6.20 Å². The van der Waals surface area contributed by atoms with Gasteiger partial charge in [0.25, 0.3) is 0 Å². The highest BCUT2D eigenvalue weighted by molar-refractivity contribution is 7.13. The van der Waals surface area contributed by atoms with E-state index in [0.717, 1.165) is 15.9 Å². The van der Waals surface area contributed by atoms with Crippen molar-refractivity contribution in [1.82, 2.24) is 14.3 Å². The Morgan fingerprint density at radius 1 is 1.67 bits per heavy atom. The second kappa shape index (κ2) is 3.77. The van der Waals surface area contributed by atoms with Gasteiger partial charge in [-0.25, -0.2) is 9.97 Å². The lowest BCUT2D eigenvalue weighted by Crippen LogP contribution is -2.14. The van der Waals surface area contributed by atoms with Crippen molar-refractivity contribution in [3.63, 3.8) is 0 Å². The normalized spacial score (nSPS) is 10.5. The van der Waals surface area contributed by atoms with Crippen LogP contribution in [0.3, 0.4) is 0 Å². The molecule has 0 unspecified atom stereocenters. The molecule has 0 saturated heterocycles. The standard InChI is InChI=1S/C8H8N4O2S/c1-4-7-5(15-12-4)2-9-8(11-7)10-3-6(13)14/h2H,3H2,1H3,(H,13,14)(H,9,10,11). The average Bonchev–Trinajstić information content (AvgIpc) is 2.57. The summed E-state index contributed by atoms with van der Waals surface area (Å²) < 4.78 is 5.02. The van der Waals surface area contributed by atoms with Gasteiger partial charge in [-0.05, 0) is 18.5 Å². The average molecular weight is 224 g/mol. The predicted molar refractivity (Wildman–Crippen MR) is 56.1 cm³/mol. The van der Waals surface area contributed by atoms with E-state index in [9.17, 15) is 4.79 Å². The van der Waals surface area contributed by atoms with E-state index in [2.05, 4.69) is 19.7 Å². The van der Waals surface area contributed by atoms with Crippen molar-refractivity contribution in [1.29, 1.82) is 0 Å². The number of aliphatic carboxylic acids is 1. The minimum Gasteiger partial charge on any atom is -0.480 e. The zero-order chi connectivity index (χ0) is 10.8. The summed E-state index contributed by atoms with van der Waals surface area (Å²) in [5.41, 5.74) is 1.60. The summed E-state index contributed by atoms with van der Waals surface area (Å²) in [4.78, 5) is 18.5. The number of nitrogens with zero attached hydrogens (tertiary/aromatic N) is 3. The van der Waals surface area contributed by atoms with Crippen LogP contribution in [0.4, 0.5) is 5.95 Å². The summed E-state index contributed by atoms with van der Waals surface area (Å²) in [6.45, 7) is 1.66. The van der Waals surface area contributed by atoms with E-state index in [-0.39, 0.29) is 6.54 Å². The first kappa shape index (κ1) is 9.78. The predicted octanol–water partition coefficient (Wildman–Crippen LogP) is 0.891. The second-order valence-electron chi connectivity index (χ2n) is 2.92. The third-order valence-electron chi connectivity index (χ3n) is 1.78. The van der Waals surface area contributed by atoms with E-state index >= 15 is 0 Å². The molecule has 15 heavy (non-hydrogen) atoms. The van der Waals surface area contributed by atoms with Crippen molar-refractivity contribution in [2.75, 3.05) is 11.9 Å². The smallest absolute Gasteiger partial charge is 0.322 e. The molecule has 2 rings (SSSR count). The summed E-state index contributed by atoms with van der Waals surface area (Å²) in [5.74, 6) is -0.632. The highest BCUT2D eigenvalue weighted by atomic mass is 32.1. The number of aromatic nitrogens is 3. The molecule has 0 aliphatic rings. The first-order valence-corrected chi connectivity index (χ1v) is 4.99. The summed E-state index contributed by atoms with van der Waals surface area (Å²) in [7, 11) is 0. The molecule has 0 atom stereocenters. The first-order valence-electron chi connectivity index (χ1n) is 4.21. The Morgan fingerprint density at radius 3 is 3.20 bits per heavy atom. The summed E-state index contributed by atoms with van der Waals surface area (Å²) in [6, 6.07) is 0. The number of rotatable bonds is 3. The third-order valence-corrected chi connectivity index (χ3v) is 2.64. The van der Waals surface area contributed by atoms with Crippen molar-refractivity contribution < 1.29 is 9.90 Å². The molecule has 78 valence electrons. The number of nitrogens with one attached hydrogen (secondary N) is 1. The van der Waals surface area contributed by atoms with Crippen LogP contribution in [0.25, 0.3) is 10.2 Å². The van der Waals surface area contributed by atoms with Gasteiger partial charge < -0.3 is 10.4 Å². The lowest BCUT2D eigenvalue weighted by Gasteiger charge is -2.00. The Balaban J connectivity index is 2.29. The number of aryl methyl sites for hydroxylation is 1. The SMILES string of the molecule is Cc1nsc2cnc(NCC(=O)O)nc12. The van der Waals surface area contributed by atoms with Gasteiger partial charge >= 0.3 is 5.97 Å². The molecule has 0 aromatic carbocycles. The van der Waals surface area contributed by atoms with E-state index < -0.39 is 5.97 Å². The first-order chi connectivity index (χ1) is 7.16. The van der Waals surface area contributed by atoms with Crippen LogP contribution >= 0.6 is 11.5 Å². The number of anilines is 1. The number of hydrogen-bond donors (Lipinski definition) is 2. The van der Waals surface area contributed by atoms with Gasteiger partial charge in [0.05, 0.1) is 16.6 Å². The molecule has 0 aliphatic carbocycles. The molecule has 0 spiro atoms. The van der Waals surface area contributed by atoms with Gasteiger partial charge in [0, 0.05) is 0 Å². The second-order valence-corrected chi connectivity index (χ2v) is 3.73. The van der Waals surface area contributed by atoms with Crippen LogP contribution in [0.5, 0.6) is 0 Å². The van der Waals surface area contributed by atoms with E-state index in [0.29, 0.717) is 5.95 Å². The number of hydrogen-bond acceptors (Lipinski definition) is 6. The van der Waals surface area contributed by atoms with Gasteiger partial charge in [-0.1, -0.05) is 0 Å². The summed E-state index contributed by atoms with van der Waals surface area (Å²) >= 11 is 1.33. The molecule has 2 aromatic rings. The molecule has 0 bridgehead atoms. The zero-order valence-corrected chi connectivity index (χ0v) is 8.71. The Morgan fingerprint density at radius 2 is 2.47 bits per heavy atom. The topological polar surface area (TPSA) is 88.0 Å². The minimum absolute atomic E-state index is 0.192. The van der Waals surface area contributed by atoms with Gasteiger partial charge in [-0.2, -0.15) is 4.37 Å². The highest BCUT2D eigenvalue weighted by Crippen LogP contribution is 2.19. The van der Waals surface area contributed by atoms with Gasteiger partial charge in [-0.3, -0.25) is 4.79 Å². The Bertz CT molecular complexity index is 510. The minimum atomic E-state index is -0.945. The molecule has 7 heteroatoms. The number of fused-ring (bicyclic) bond motifs is 1. The lowest BCUT2D eigenvalue weighted by atomic mass is 10.4. The molecule has 6 nitrogen and oxygen atoms in total. The Hall–Kier alpha value is -1.76. The fourth-order valence-corrected chi connectivity index (χ4v) is 1.80. The van der Waals surface area contributed by atoms with E-state index in [4.69, 9.17) is 5.11 Å². The van der Waals surface area contributed by atoms with Crippen LogP contribution in [0.2, 0.25) is 0 Å². The maximum absolute atomic E-state index is 10.3. The Labute approximate surface area is 89.2 Å². The largest absolute Gasteiger partial charge is 0.480 e. The maximum atomic E-state index is 10.3. The zero-order valence-electron chi connectivity index (χ0n) is 7.89. The molecule has 0 amide bonds. The molecular formula is C8H8N4O2S. The van der Waals surface area contributed by atoms with Crippen LogP contribution in [-0.2, 0) is 4.79 Å². The molecular weight excluding hydrogens is 216 g/mol. The molecule has 0 saturated carbocycles. The van der Waals surface area contributed by atoms with Crippen molar-refractivity contribution in [2.45, 2.75) is 6.92 Å². The van der Waals surface area contributed by atoms with Gasteiger partial charge in [0.1, 0.15) is 12.1 Å². The molecule has 0 aliphatic heterocycles. The Kier molecular flexibility index (Phi) is 2.46. The molecule has 0 radical (unpaired) electrons. The fraction of sp³-hybridized carbons (Fsp3) is 0.250. The van der Waals surface area contributed by atoms with Crippen molar-refractivity contribution in [3.8, 4) is 0 Å².